The first-order chi connectivity index (χ1) is 11.3. The van der Waals surface area contributed by atoms with Gasteiger partial charge >= 0.3 is 6.09 Å². The zero-order valence-corrected chi connectivity index (χ0v) is 15.0. The Kier molecular flexibility index (Phi) is 5.66. The van der Waals surface area contributed by atoms with Gasteiger partial charge in [-0.15, -0.1) is 0 Å². The predicted octanol–water partition coefficient (Wildman–Crippen LogP) is 5.11. The van der Waals surface area contributed by atoms with Crippen molar-refractivity contribution in [2.45, 2.75) is 33.8 Å². The summed E-state index contributed by atoms with van der Waals surface area (Å²) in [7, 11) is 0. The average molecular weight is 325 g/mol. The summed E-state index contributed by atoms with van der Waals surface area (Å²) < 4.78 is 5.43. The SMILES string of the molecule is C=CC1=C(C(=C)C(C)(C)C)CCN(C(=O)OCc2ccccc2)C1. The molecule has 0 unspecified atom stereocenters. The maximum Gasteiger partial charge on any atom is 0.410 e. The Labute approximate surface area is 145 Å². The Bertz CT molecular complexity index is 650. The molecule has 0 radical (unpaired) electrons. The van der Waals surface area contributed by atoms with E-state index in [1.807, 2.05) is 36.4 Å². The van der Waals surface area contributed by atoms with E-state index in [4.69, 9.17) is 4.74 Å². The smallest absolute Gasteiger partial charge is 0.410 e. The van der Waals surface area contributed by atoms with Gasteiger partial charge in [0.2, 0.25) is 0 Å². The molecule has 3 nitrogen and oxygen atoms in total. The van der Waals surface area contributed by atoms with Gasteiger partial charge in [-0.3, -0.25) is 0 Å². The molecule has 1 amide bonds. The van der Waals surface area contributed by atoms with E-state index < -0.39 is 0 Å². The quantitative estimate of drug-likeness (QED) is 0.769. The van der Waals surface area contributed by atoms with Crippen LogP contribution in [0.3, 0.4) is 0 Å². The molecule has 3 heteroatoms. The summed E-state index contributed by atoms with van der Waals surface area (Å²) in [6.07, 6.45) is 2.35. The van der Waals surface area contributed by atoms with Crippen LogP contribution in [0.1, 0.15) is 32.8 Å². The van der Waals surface area contributed by atoms with Crippen LogP contribution in [0, 0.1) is 5.41 Å². The van der Waals surface area contributed by atoms with Crippen molar-refractivity contribution in [3.8, 4) is 0 Å². The second-order valence-electron chi connectivity index (χ2n) is 7.15. The number of carbonyl (C=O) groups is 1. The number of nitrogens with zero attached hydrogens (tertiary/aromatic N) is 1. The molecule has 0 N–H and O–H groups in total. The second kappa shape index (κ2) is 7.52. The Hall–Kier alpha value is -2.29. The van der Waals surface area contributed by atoms with Crippen molar-refractivity contribution in [3.05, 3.63) is 71.8 Å². The molecule has 0 atom stereocenters. The number of amides is 1. The lowest BCUT2D eigenvalue weighted by Gasteiger charge is -2.33. The van der Waals surface area contributed by atoms with Gasteiger partial charge in [0.1, 0.15) is 6.61 Å². The summed E-state index contributed by atoms with van der Waals surface area (Å²) in [5.41, 5.74) is 4.42. The third-order valence-electron chi connectivity index (χ3n) is 4.36. The number of carbonyl (C=O) groups excluding carboxylic acids is 1. The summed E-state index contributed by atoms with van der Waals surface area (Å²) in [5, 5.41) is 0. The molecular formula is C21H27NO2. The van der Waals surface area contributed by atoms with Crippen LogP contribution in [0.25, 0.3) is 0 Å². The van der Waals surface area contributed by atoms with E-state index in [9.17, 15) is 4.79 Å². The Morgan fingerprint density at radius 3 is 2.54 bits per heavy atom. The van der Waals surface area contributed by atoms with Gasteiger partial charge in [-0.1, -0.05) is 70.3 Å². The van der Waals surface area contributed by atoms with Gasteiger partial charge in [0.25, 0.3) is 0 Å². The highest BCUT2D eigenvalue weighted by molar-refractivity contribution is 5.69. The predicted molar refractivity (Wildman–Crippen MR) is 98.6 cm³/mol. The number of hydrogen-bond donors (Lipinski definition) is 0. The normalized spacial score (nSPS) is 15.2. The summed E-state index contributed by atoms with van der Waals surface area (Å²) in [4.78, 5) is 14.1. The van der Waals surface area contributed by atoms with E-state index in [2.05, 4.69) is 33.9 Å². The van der Waals surface area contributed by atoms with Gasteiger partial charge in [-0.05, 0) is 34.1 Å². The van der Waals surface area contributed by atoms with Crippen LogP contribution in [0.5, 0.6) is 0 Å². The molecule has 0 saturated carbocycles. The molecule has 0 bridgehead atoms. The highest BCUT2D eigenvalue weighted by Gasteiger charge is 2.27. The minimum Gasteiger partial charge on any atom is -0.445 e. The number of allylic oxidation sites excluding steroid dienone is 1. The van der Waals surface area contributed by atoms with Crippen LogP contribution >= 0.6 is 0 Å². The molecule has 1 aromatic rings. The van der Waals surface area contributed by atoms with E-state index >= 15 is 0 Å². The monoisotopic (exact) mass is 325 g/mol. The van der Waals surface area contributed by atoms with Crippen LogP contribution in [-0.4, -0.2) is 24.1 Å². The number of rotatable bonds is 4. The van der Waals surface area contributed by atoms with Crippen LogP contribution < -0.4 is 0 Å². The molecule has 1 aliphatic rings. The first-order valence-corrected chi connectivity index (χ1v) is 8.32. The molecule has 1 aliphatic heterocycles. The Morgan fingerprint density at radius 2 is 1.96 bits per heavy atom. The Morgan fingerprint density at radius 1 is 1.29 bits per heavy atom. The van der Waals surface area contributed by atoms with Gasteiger partial charge < -0.3 is 9.64 Å². The van der Waals surface area contributed by atoms with E-state index in [1.165, 1.54) is 5.57 Å². The van der Waals surface area contributed by atoms with Crippen LogP contribution in [0.2, 0.25) is 0 Å². The van der Waals surface area contributed by atoms with Gasteiger partial charge in [-0.2, -0.15) is 0 Å². The molecule has 0 aromatic heterocycles. The number of hydrogen-bond acceptors (Lipinski definition) is 2. The zero-order chi connectivity index (χ0) is 17.7. The largest absolute Gasteiger partial charge is 0.445 e. The summed E-state index contributed by atoms with van der Waals surface area (Å²) in [6.45, 7) is 16.1. The highest BCUT2D eigenvalue weighted by Crippen LogP contribution is 2.35. The van der Waals surface area contributed by atoms with Crippen LogP contribution in [0.4, 0.5) is 4.79 Å². The van der Waals surface area contributed by atoms with Crippen molar-refractivity contribution in [2.24, 2.45) is 5.41 Å². The maximum atomic E-state index is 12.3. The molecule has 1 heterocycles. The third-order valence-corrected chi connectivity index (χ3v) is 4.36. The molecule has 2 rings (SSSR count). The van der Waals surface area contributed by atoms with E-state index in [0.717, 1.165) is 23.1 Å². The number of benzene rings is 1. The number of ether oxygens (including phenoxy) is 1. The molecule has 128 valence electrons. The topological polar surface area (TPSA) is 29.5 Å². The molecule has 0 fully saturated rings. The fourth-order valence-electron chi connectivity index (χ4n) is 2.74. The van der Waals surface area contributed by atoms with E-state index in [-0.39, 0.29) is 11.5 Å². The molecular weight excluding hydrogens is 298 g/mol. The minimum absolute atomic E-state index is 0.0135. The van der Waals surface area contributed by atoms with Crippen molar-refractivity contribution in [1.82, 2.24) is 4.90 Å². The lowest BCUT2D eigenvalue weighted by molar-refractivity contribution is 0.0982. The molecule has 24 heavy (non-hydrogen) atoms. The standard InChI is InChI=1S/C21H27NO2/c1-6-18-14-22(13-12-19(18)16(2)21(3,4)5)20(23)24-15-17-10-8-7-9-11-17/h6-11H,1-2,12-15H2,3-5H3. The maximum absolute atomic E-state index is 12.3. The third kappa shape index (κ3) is 4.38. The van der Waals surface area contributed by atoms with E-state index in [0.29, 0.717) is 19.7 Å². The van der Waals surface area contributed by atoms with Gasteiger partial charge in [0, 0.05) is 13.1 Å². The zero-order valence-electron chi connectivity index (χ0n) is 15.0. The average Bonchev–Trinajstić information content (AvgIpc) is 2.58. The summed E-state index contributed by atoms with van der Waals surface area (Å²) >= 11 is 0. The molecule has 0 saturated heterocycles. The fraction of sp³-hybridized carbons (Fsp3) is 0.381. The summed E-state index contributed by atoms with van der Waals surface area (Å²) in [6, 6.07) is 9.72. The first-order valence-electron chi connectivity index (χ1n) is 8.32. The van der Waals surface area contributed by atoms with Gasteiger partial charge in [-0.25, -0.2) is 4.79 Å². The van der Waals surface area contributed by atoms with Gasteiger partial charge in [0.15, 0.2) is 0 Å². The van der Waals surface area contributed by atoms with Crippen molar-refractivity contribution in [1.29, 1.82) is 0 Å². The van der Waals surface area contributed by atoms with Crippen LogP contribution in [-0.2, 0) is 11.3 Å². The fourth-order valence-corrected chi connectivity index (χ4v) is 2.74. The Balaban J connectivity index is 2.02. The lowest BCUT2D eigenvalue weighted by atomic mass is 9.79. The van der Waals surface area contributed by atoms with Crippen LogP contribution in [0.15, 0.2) is 66.3 Å². The molecule has 0 aliphatic carbocycles. The molecule has 1 aromatic carbocycles. The van der Waals surface area contributed by atoms with Gasteiger partial charge in [0.05, 0.1) is 0 Å². The highest BCUT2D eigenvalue weighted by atomic mass is 16.6. The van der Waals surface area contributed by atoms with Crippen molar-refractivity contribution < 1.29 is 9.53 Å². The first kappa shape index (κ1) is 18.1. The van der Waals surface area contributed by atoms with E-state index in [1.54, 1.807) is 4.90 Å². The van der Waals surface area contributed by atoms with Crippen molar-refractivity contribution >= 4 is 6.09 Å². The minimum atomic E-state index is -0.279. The lowest BCUT2D eigenvalue weighted by Crippen LogP contribution is -2.37. The van der Waals surface area contributed by atoms with Crippen molar-refractivity contribution in [3.63, 3.8) is 0 Å². The second-order valence-corrected chi connectivity index (χ2v) is 7.15. The molecule has 0 spiro atoms. The summed E-state index contributed by atoms with van der Waals surface area (Å²) in [5.74, 6) is 0. The van der Waals surface area contributed by atoms with Crippen molar-refractivity contribution in [2.75, 3.05) is 13.1 Å².